The first-order valence-electron chi connectivity index (χ1n) is 6.96. The van der Waals surface area contributed by atoms with Crippen molar-refractivity contribution < 1.29 is 4.79 Å². The molecule has 1 aromatic rings. The zero-order valence-corrected chi connectivity index (χ0v) is 12.0. The molecule has 0 heterocycles. The van der Waals surface area contributed by atoms with Gasteiger partial charge in [-0.15, -0.1) is 0 Å². The molecule has 0 saturated carbocycles. The third kappa shape index (κ3) is 4.17. The number of unbranched alkanes of at least 4 members (excludes halogenated alkanes) is 1. The summed E-state index contributed by atoms with van der Waals surface area (Å²) in [6, 6.07) is 6.16. The van der Waals surface area contributed by atoms with Gasteiger partial charge in [-0.25, -0.2) is 0 Å². The minimum Gasteiger partial charge on any atom is -0.326 e. The Morgan fingerprint density at radius 1 is 1.28 bits per heavy atom. The van der Waals surface area contributed by atoms with Crippen LogP contribution in [0.2, 0.25) is 0 Å². The number of hydrogen-bond donors (Lipinski definition) is 1. The molecule has 1 rings (SSSR count). The maximum Gasteiger partial charge on any atom is 0.227 e. The van der Waals surface area contributed by atoms with Crippen molar-refractivity contribution in [3.05, 3.63) is 29.3 Å². The Morgan fingerprint density at radius 2 is 2.00 bits per heavy atom. The van der Waals surface area contributed by atoms with Crippen molar-refractivity contribution in [2.24, 2.45) is 5.92 Å². The number of hydrogen-bond acceptors (Lipinski definition) is 1. The van der Waals surface area contributed by atoms with E-state index in [4.69, 9.17) is 0 Å². The fourth-order valence-corrected chi connectivity index (χ4v) is 2.08. The summed E-state index contributed by atoms with van der Waals surface area (Å²) in [5, 5.41) is 3.07. The van der Waals surface area contributed by atoms with Crippen molar-refractivity contribution in [1.82, 2.24) is 0 Å². The summed E-state index contributed by atoms with van der Waals surface area (Å²) in [5.41, 5.74) is 3.26. The van der Waals surface area contributed by atoms with Gasteiger partial charge in [0.1, 0.15) is 0 Å². The average Bonchev–Trinajstić information content (AvgIpc) is 2.35. The Bertz CT molecular complexity index is 398. The molecule has 0 unspecified atom stereocenters. The second-order valence-electron chi connectivity index (χ2n) is 5.06. The molecule has 0 aromatic heterocycles. The van der Waals surface area contributed by atoms with E-state index < -0.39 is 0 Å². The summed E-state index contributed by atoms with van der Waals surface area (Å²) < 4.78 is 0. The summed E-state index contributed by atoms with van der Waals surface area (Å²) in [6.07, 6.45) is 4.17. The lowest BCUT2D eigenvalue weighted by atomic mass is 9.98. The van der Waals surface area contributed by atoms with Gasteiger partial charge >= 0.3 is 0 Å². The quantitative estimate of drug-likeness (QED) is 0.790. The minimum absolute atomic E-state index is 0.143. The lowest BCUT2D eigenvalue weighted by Gasteiger charge is -2.16. The summed E-state index contributed by atoms with van der Waals surface area (Å²) in [4.78, 5) is 12.2. The van der Waals surface area contributed by atoms with E-state index in [-0.39, 0.29) is 11.8 Å². The number of carbonyl (C=O) groups is 1. The fourth-order valence-electron chi connectivity index (χ4n) is 2.08. The van der Waals surface area contributed by atoms with Crippen LogP contribution in [0.5, 0.6) is 0 Å². The second-order valence-corrected chi connectivity index (χ2v) is 5.06. The fraction of sp³-hybridized carbons (Fsp3) is 0.562. The number of anilines is 1. The SMILES string of the molecule is CCCC[C@@H](CC)C(=O)Nc1cc(C)ccc1C. The van der Waals surface area contributed by atoms with Crippen molar-refractivity contribution in [3.63, 3.8) is 0 Å². The van der Waals surface area contributed by atoms with Crippen molar-refractivity contribution in [3.8, 4) is 0 Å². The molecule has 2 nitrogen and oxygen atoms in total. The molecule has 0 fully saturated rings. The Balaban J connectivity index is 2.70. The minimum atomic E-state index is 0.143. The molecule has 1 atom stereocenters. The molecule has 0 saturated heterocycles. The molecule has 18 heavy (non-hydrogen) atoms. The molecule has 0 radical (unpaired) electrons. The summed E-state index contributed by atoms with van der Waals surface area (Å²) in [7, 11) is 0. The van der Waals surface area contributed by atoms with Gasteiger partial charge in [-0.3, -0.25) is 4.79 Å². The van der Waals surface area contributed by atoms with E-state index in [0.29, 0.717) is 0 Å². The van der Waals surface area contributed by atoms with Gasteiger partial charge in [-0.2, -0.15) is 0 Å². The number of amides is 1. The van der Waals surface area contributed by atoms with Crippen LogP contribution in [0.25, 0.3) is 0 Å². The van der Waals surface area contributed by atoms with E-state index >= 15 is 0 Å². The Hall–Kier alpha value is -1.31. The monoisotopic (exact) mass is 247 g/mol. The Morgan fingerprint density at radius 3 is 2.61 bits per heavy atom. The molecular formula is C16H25NO. The lowest BCUT2D eigenvalue weighted by molar-refractivity contribution is -0.120. The zero-order chi connectivity index (χ0) is 13.5. The van der Waals surface area contributed by atoms with Gasteiger partial charge in [0.2, 0.25) is 5.91 Å². The molecule has 2 heteroatoms. The number of rotatable bonds is 6. The van der Waals surface area contributed by atoms with Crippen LogP contribution in [0.1, 0.15) is 50.7 Å². The molecule has 0 aliphatic carbocycles. The zero-order valence-electron chi connectivity index (χ0n) is 12.0. The van der Waals surface area contributed by atoms with Gasteiger partial charge in [0.25, 0.3) is 0 Å². The predicted molar refractivity (Wildman–Crippen MR) is 77.9 cm³/mol. The van der Waals surface area contributed by atoms with Gasteiger partial charge in [0.15, 0.2) is 0 Å². The number of benzene rings is 1. The highest BCUT2D eigenvalue weighted by atomic mass is 16.1. The summed E-state index contributed by atoms with van der Waals surface area (Å²) in [5.74, 6) is 0.310. The smallest absolute Gasteiger partial charge is 0.227 e. The number of aryl methyl sites for hydroxylation is 2. The highest BCUT2D eigenvalue weighted by Crippen LogP contribution is 2.20. The van der Waals surface area contributed by atoms with Crippen LogP contribution in [-0.4, -0.2) is 5.91 Å². The Kier molecular flexibility index (Phi) is 5.90. The van der Waals surface area contributed by atoms with E-state index in [1.807, 2.05) is 19.9 Å². The van der Waals surface area contributed by atoms with Crippen molar-refractivity contribution in [1.29, 1.82) is 0 Å². The summed E-state index contributed by atoms with van der Waals surface area (Å²) >= 11 is 0. The van der Waals surface area contributed by atoms with Crippen LogP contribution in [0.15, 0.2) is 18.2 Å². The van der Waals surface area contributed by atoms with E-state index in [2.05, 4.69) is 31.3 Å². The molecule has 100 valence electrons. The standard InChI is InChI=1S/C16H25NO/c1-5-7-8-14(6-2)16(18)17-15-11-12(3)9-10-13(15)4/h9-11,14H,5-8H2,1-4H3,(H,17,18)/t14-/m1/s1. The van der Waals surface area contributed by atoms with E-state index in [1.165, 1.54) is 5.56 Å². The molecular weight excluding hydrogens is 222 g/mol. The van der Waals surface area contributed by atoms with Gasteiger partial charge < -0.3 is 5.32 Å². The van der Waals surface area contributed by atoms with Crippen LogP contribution >= 0.6 is 0 Å². The molecule has 0 bridgehead atoms. The van der Waals surface area contributed by atoms with Crippen molar-refractivity contribution >= 4 is 11.6 Å². The van der Waals surface area contributed by atoms with Crippen molar-refractivity contribution in [2.75, 3.05) is 5.32 Å². The average molecular weight is 247 g/mol. The third-order valence-electron chi connectivity index (χ3n) is 3.42. The third-order valence-corrected chi connectivity index (χ3v) is 3.42. The molecule has 0 spiro atoms. The maximum atomic E-state index is 12.2. The topological polar surface area (TPSA) is 29.1 Å². The highest BCUT2D eigenvalue weighted by molar-refractivity contribution is 5.93. The molecule has 1 N–H and O–H groups in total. The van der Waals surface area contributed by atoms with E-state index in [0.717, 1.165) is 36.9 Å². The lowest BCUT2D eigenvalue weighted by Crippen LogP contribution is -2.22. The largest absolute Gasteiger partial charge is 0.326 e. The predicted octanol–water partition coefficient (Wildman–Crippen LogP) is 4.46. The highest BCUT2D eigenvalue weighted by Gasteiger charge is 2.16. The van der Waals surface area contributed by atoms with Crippen molar-refractivity contribution in [2.45, 2.75) is 53.4 Å². The Labute approximate surface area is 111 Å². The van der Waals surface area contributed by atoms with E-state index in [9.17, 15) is 4.79 Å². The van der Waals surface area contributed by atoms with Gasteiger partial charge in [0, 0.05) is 11.6 Å². The van der Waals surface area contributed by atoms with E-state index in [1.54, 1.807) is 0 Å². The van der Waals surface area contributed by atoms with Crippen LogP contribution in [0, 0.1) is 19.8 Å². The van der Waals surface area contributed by atoms with Crippen LogP contribution < -0.4 is 5.32 Å². The molecule has 0 aliphatic heterocycles. The first-order chi connectivity index (χ1) is 8.58. The normalized spacial score (nSPS) is 12.2. The van der Waals surface area contributed by atoms with Crippen LogP contribution in [0.4, 0.5) is 5.69 Å². The number of nitrogens with one attached hydrogen (secondary N) is 1. The second kappa shape index (κ2) is 7.20. The first-order valence-corrected chi connectivity index (χ1v) is 6.96. The van der Waals surface area contributed by atoms with Crippen LogP contribution in [-0.2, 0) is 4.79 Å². The van der Waals surface area contributed by atoms with Gasteiger partial charge in [0.05, 0.1) is 0 Å². The van der Waals surface area contributed by atoms with Gasteiger partial charge in [-0.1, -0.05) is 38.8 Å². The molecule has 1 aromatic carbocycles. The molecule has 0 aliphatic rings. The number of carbonyl (C=O) groups excluding carboxylic acids is 1. The van der Waals surface area contributed by atoms with Gasteiger partial charge in [-0.05, 0) is 43.9 Å². The maximum absolute atomic E-state index is 12.2. The first kappa shape index (κ1) is 14.7. The molecule has 1 amide bonds. The van der Waals surface area contributed by atoms with Crippen LogP contribution in [0.3, 0.4) is 0 Å². The summed E-state index contributed by atoms with van der Waals surface area (Å²) in [6.45, 7) is 8.32.